The van der Waals surface area contributed by atoms with Crippen LogP contribution in [0.3, 0.4) is 0 Å². The summed E-state index contributed by atoms with van der Waals surface area (Å²) < 4.78 is 0. The van der Waals surface area contributed by atoms with Crippen LogP contribution in [-0.4, -0.2) is 13.1 Å². The molecular weight excluding hydrogens is 172 g/mol. The van der Waals surface area contributed by atoms with Gasteiger partial charge < -0.3 is 5.32 Å². The number of hydrogen-bond donors (Lipinski definition) is 1. The molecule has 76 valence electrons. The van der Waals surface area contributed by atoms with E-state index in [2.05, 4.69) is 11.4 Å². The molecule has 0 amide bonds. The van der Waals surface area contributed by atoms with E-state index in [1.165, 1.54) is 5.56 Å². The molecular formula is C12H18N2. The summed E-state index contributed by atoms with van der Waals surface area (Å²) in [4.78, 5) is 0. The molecule has 1 N–H and O–H groups in total. The zero-order valence-electron chi connectivity index (χ0n) is 9.12. The lowest BCUT2D eigenvalue weighted by molar-refractivity contribution is 0.675. The van der Waals surface area contributed by atoms with Crippen LogP contribution in [0.15, 0.2) is 30.3 Å². The number of nitrogens with one attached hydrogen (secondary N) is 1. The maximum Gasteiger partial charge on any atom is 0.0991 e. The number of benzene rings is 1. The van der Waals surface area contributed by atoms with Gasteiger partial charge in [-0.3, -0.25) is 0 Å². The van der Waals surface area contributed by atoms with Crippen molar-refractivity contribution in [2.45, 2.75) is 26.3 Å². The van der Waals surface area contributed by atoms with Gasteiger partial charge in [-0.15, -0.1) is 0 Å². The molecule has 0 heterocycles. The zero-order valence-corrected chi connectivity index (χ0v) is 9.12. The Hall–Kier alpha value is -1.33. The highest BCUT2D eigenvalue weighted by Crippen LogP contribution is 2.01. The predicted octanol–water partition coefficient (Wildman–Crippen LogP) is 2.37. The van der Waals surface area contributed by atoms with Gasteiger partial charge in [-0.25, -0.2) is 0 Å². The maximum absolute atomic E-state index is 8.67. The number of hydrogen-bond acceptors (Lipinski definition) is 2. The molecule has 0 radical (unpaired) electrons. The fourth-order valence-electron chi connectivity index (χ4n) is 1.06. The second-order valence-corrected chi connectivity index (χ2v) is 2.66. The first-order valence-electron chi connectivity index (χ1n) is 4.97. The summed E-state index contributed by atoms with van der Waals surface area (Å²) in [5, 5.41) is 11.6. The Labute approximate surface area is 86.6 Å². The summed E-state index contributed by atoms with van der Waals surface area (Å²) in [6, 6.07) is 12.1. The average Bonchev–Trinajstić information content (AvgIpc) is 2.30. The van der Waals surface area contributed by atoms with Gasteiger partial charge in [0.05, 0.1) is 12.1 Å². The van der Waals surface area contributed by atoms with Gasteiger partial charge in [-0.2, -0.15) is 5.26 Å². The van der Waals surface area contributed by atoms with Gasteiger partial charge in [0.25, 0.3) is 0 Å². The van der Waals surface area contributed by atoms with E-state index < -0.39 is 0 Å². The molecule has 0 saturated heterocycles. The van der Waals surface area contributed by atoms with E-state index in [4.69, 9.17) is 5.26 Å². The van der Waals surface area contributed by atoms with Crippen molar-refractivity contribution in [1.82, 2.24) is 5.32 Å². The van der Waals surface area contributed by atoms with Crippen LogP contribution in [0.25, 0.3) is 0 Å². The Morgan fingerprint density at radius 2 is 1.86 bits per heavy atom. The summed E-state index contributed by atoms with van der Waals surface area (Å²) in [6.45, 7) is 4.00. The fourth-order valence-corrected chi connectivity index (χ4v) is 1.06. The fraction of sp³-hybridized carbons (Fsp3) is 0.417. The summed E-state index contributed by atoms with van der Waals surface area (Å²) in [5.41, 5.74) is 1.19. The molecule has 1 atom stereocenters. The molecule has 1 unspecified atom stereocenters. The molecule has 0 spiro atoms. The lowest BCUT2D eigenvalue weighted by atomic mass is 10.1. The molecule has 0 aliphatic carbocycles. The molecule has 0 aromatic heterocycles. The highest BCUT2D eigenvalue weighted by Gasteiger charge is 2.03. The third-order valence-corrected chi connectivity index (χ3v) is 1.79. The lowest BCUT2D eigenvalue weighted by Gasteiger charge is -2.06. The molecule has 0 bridgehead atoms. The van der Waals surface area contributed by atoms with Gasteiger partial charge in [0.15, 0.2) is 0 Å². The smallest absolute Gasteiger partial charge is 0.0991 e. The van der Waals surface area contributed by atoms with Crippen molar-refractivity contribution in [3.8, 4) is 6.07 Å². The Kier molecular flexibility index (Phi) is 7.49. The summed E-state index contributed by atoms with van der Waals surface area (Å²) in [7, 11) is 1.80. The number of nitrogens with zero attached hydrogens (tertiary/aromatic N) is 1. The van der Waals surface area contributed by atoms with E-state index in [1.807, 2.05) is 44.2 Å². The van der Waals surface area contributed by atoms with Crippen LogP contribution in [0.4, 0.5) is 0 Å². The van der Waals surface area contributed by atoms with Gasteiger partial charge >= 0.3 is 0 Å². The van der Waals surface area contributed by atoms with Crippen molar-refractivity contribution in [2.75, 3.05) is 7.05 Å². The maximum atomic E-state index is 8.67. The quantitative estimate of drug-likeness (QED) is 0.794. The second kappa shape index (κ2) is 8.28. The van der Waals surface area contributed by atoms with Gasteiger partial charge in [-0.05, 0) is 12.6 Å². The lowest BCUT2D eigenvalue weighted by Crippen LogP contribution is -2.25. The van der Waals surface area contributed by atoms with Crippen LogP contribution in [-0.2, 0) is 6.42 Å². The van der Waals surface area contributed by atoms with Crippen molar-refractivity contribution < 1.29 is 0 Å². The topological polar surface area (TPSA) is 35.8 Å². The third-order valence-electron chi connectivity index (χ3n) is 1.79. The van der Waals surface area contributed by atoms with E-state index in [1.54, 1.807) is 7.05 Å². The largest absolute Gasteiger partial charge is 0.305 e. The summed E-state index contributed by atoms with van der Waals surface area (Å²) >= 11 is 0. The standard InChI is InChI=1S/C10H12N2.C2H6/c1-12-10(8-11)7-9-5-3-2-4-6-9;1-2/h2-6,10,12H,7H2,1H3;1-2H3. The first-order chi connectivity index (χ1) is 6.86. The van der Waals surface area contributed by atoms with Crippen LogP contribution in [0, 0.1) is 11.3 Å². The Morgan fingerprint density at radius 3 is 2.29 bits per heavy atom. The van der Waals surface area contributed by atoms with Gasteiger partial charge in [0, 0.05) is 6.42 Å². The molecule has 0 fully saturated rings. The zero-order chi connectivity index (χ0) is 10.8. The van der Waals surface area contributed by atoms with Crippen LogP contribution in [0.1, 0.15) is 19.4 Å². The van der Waals surface area contributed by atoms with Crippen molar-refractivity contribution in [3.63, 3.8) is 0 Å². The molecule has 0 saturated carbocycles. The van der Waals surface area contributed by atoms with Crippen LogP contribution >= 0.6 is 0 Å². The Morgan fingerprint density at radius 1 is 1.29 bits per heavy atom. The second-order valence-electron chi connectivity index (χ2n) is 2.66. The summed E-state index contributed by atoms with van der Waals surface area (Å²) in [5.74, 6) is 0. The Bertz CT molecular complexity index is 261. The van der Waals surface area contributed by atoms with Gasteiger partial charge in [0.1, 0.15) is 0 Å². The van der Waals surface area contributed by atoms with Crippen LogP contribution in [0.5, 0.6) is 0 Å². The van der Waals surface area contributed by atoms with E-state index in [0.29, 0.717) is 0 Å². The molecule has 14 heavy (non-hydrogen) atoms. The predicted molar refractivity (Wildman–Crippen MR) is 60.0 cm³/mol. The molecule has 0 aliphatic heterocycles. The van der Waals surface area contributed by atoms with Crippen LogP contribution in [0.2, 0.25) is 0 Å². The first kappa shape index (κ1) is 12.7. The molecule has 2 heteroatoms. The minimum Gasteiger partial charge on any atom is -0.305 e. The number of rotatable bonds is 3. The van der Waals surface area contributed by atoms with Gasteiger partial charge in [0.2, 0.25) is 0 Å². The van der Waals surface area contributed by atoms with Crippen molar-refractivity contribution >= 4 is 0 Å². The first-order valence-corrected chi connectivity index (χ1v) is 4.97. The molecule has 1 rings (SSSR count). The average molecular weight is 190 g/mol. The highest BCUT2D eigenvalue weighted by molar-refractivity contribution is 5.17. The summed E-state index contributed by atoms with van der Waals surface area (Å²) in [6.07, 6.45) is 0.772. The molecule has 1 aromatic rings. The van der Waals surface area contributed by atoms with Crippen molar-refractivity contribution in [1.29, 1.82) is 5.26 Å². The van der Waals surface area contributed by atoms with Crippen molar-refractivity contribution in [3.05, 3.63) is 35.9 Å². The minimum atomic E-state index is -0.0765. The number of likely N-dealkylation sites (N-methyl/N-ethyl adjacent to an activating group) is 1. The van der Waals surface area contributed by atoms with Crippen molar-refractivity contribution in [2.24, 2.45) is 0 Å². The van der Waals surface area contributed by atoms with Gasteiger partial charge in [-0.1, -0.05) is 44.2 Å². The normalized spacial score (nSPS) is 10.7. The van der Waals surface area contributed by atoms with E-state index in [-0.39, 0.29) is 6.04 Å². The molecule has 0 aliphatic rings. The van der Waals surface area contributed by atoms with E-state index in [9.17, 15) is 0 Å². The monoisotopic (exact) mass is 190 g/mol. The molecule has 2 nitrogen and oxygen atoms in total. The Balaban J connectivity index is 0.000000791. The van der Waals surface area contributed by atoms with Crippen LogP contribution < -0.4 is 5.32 Å². The minimum absolute atomic E-state index is 0.0765. The van der Waals surface area contributed by atoms with E-state index >= 15 is 0 Å². The molecule has 1 aromatic carbocycles. The highest BCUT2D eigenvalue weighted by atomic mass is 14.9. The SMILES string of the molecule is CC.CNC(C#N)Cc1ccccc1. The third kappa shape index (κ3) is 4.64. The van der Waals surface area contributed by atoms with E-state index in [0.717, 1.165) is 6.42 Å². The number of nitriles is 1.